The first-order valence-electron chi connectivity index (χ1n) is 7.76. The van der Waals surface area contributed by atoms with E-state index >= 15 is 0 Å². The first-order valence-corrected chi connectivity index (χ1v) is 7.76. The number of carbonyl (C=O) groups is 1. The van der Waals surface area contributed by atoms with E-state index in [0.717, 1.165) is 51.6 Å². The molecule has 0 saturated carbocycles. The second-order valence-corrected chi connectivity index (χ2v) is 5.69. The summed E-state index contributed by atoms with van der Waals surface area (Å²) in [6.45, 7) is 7.15. The molecule has 0 aromatic heterocycles. The maximum Gasteiger partial charge on any atom is 0.237 e. The predicted molar refractivity (Wildman–Crippen MR) is 77.9 cm³/mol. The van der Waals surface area contributed by atoms with Crippen molar-refractivity contribution in [3.63, 3.8) is 0 Å². The Bertz CT molecular complexity index is 277. The van der Waals surface area contributed by atoms with Crippen molar-refractivity contribution in [2.24, 2.45) is 5.73 Å². The Morgan fingerprint density at radius 1 is 1.42 bits per heavy atom. The molecule has 1 aliphatic heterocycles. The third kappa shape index (κ3) is 4.77. The maximum atomic E-state index is 12.0. The second-order valence-electron chi connectivity index (χ2n) is 5.69. The molecule has 0 spiro atoms. The number of nitrogens with two attached hydrogens (primary N) is 1. The van der Waals surface area contributed by atoms with E-state index in [9.17, 15) is 4.79 Å². The summed E-state index contributed by atoms with van der Waals surface area (Å²) in [6.07, 6.45) is 6.66. The quantitative estimate of drug-likeness (QED) is 0.746. The van der Waals surface area contributed by atoms with Gasteiger partial charge >= 0.3 is 0 Å². The summed E-state index contributed by atoms with van der Waals surface area (Å²) in [6, 6.07) is -0.144. The van der Waals surface area contributed by atoms with Gasteiger partial charge in [-0.1, -0.05) is 33.6 Å². The Kier molecular flexibility index (Phi) is 6.80. The van der Waals surface area contributed by atoms with Crippen molar-refractivity contribution in [2.45, 2.75) is 83.4 Å². The number of ether oxygens (including phenoxy) is 1. The molecule has 4 nitrogen and oxygen atoms in total. The summed E-state index contributed by atoms with van der Waals surface area (Å²) < 4.78 is 5.92. The molecule has 19 heavy (non-hydrogen) atoms. The predicted octanol–water partition coefficient (Wildman–Crippen LogP) is 2.36. The normalized spacial score (nSPS) is 23.9. The molecule has 2 atom stereocenters. The number of hydrogen-bond acceptors (Lipinski definition) is 3. The third-order valence-electron chi connectivity index (χ3n) is 4.33. The van der Waals surface area contributed by atoms with Crippen LogP contribution >= 0.6 is 0 Å². The highest BCUT2D eigenvalue weighted by molar-refractivity contribution is 5.81. The smallest absolute Gasteiger partial charge is 0.237 e. The lowest BCUT2D eigenvalue weighted by Gasteiger charge is -2.40. The average Bonchev–Trinajstić information content (AvgIpc) is 2.44. The Hall–Kier alpha value is -0.610. The molecule has 0 aromatic carbocycles. The fourth-order valence-electron chi connectivity index (χ4n) is 2.76. The highest BCUT2D eigenvalue weighted by atomic mass is 16.5. The molecule has 0 aliphatic carbocycles. The summed E-state index contributed by atoms with van der Waals surface area (Å²) in [5, 5.41) is 3.11. The number of rotatable bonds is 7. The van der Waals surface area contributed by atoms with E-state index in [1.54, 1.807) is 0 Å². The van der Waals surface area contributed by atoms with Gasteiger partial charge in [-0.15, -0.1) is 0 Å². The number of hydrogen-bond donors (Lipinski definition) is 2. The molecule has 2 unspecified atom stereocenters. The Morgan fingerprint density at radius 3 is 2.68 bits per heavy atom. The molecule has 4 heteroatoms. The van der Waals surface area contributed by atoms with Crippen molar-refractivity contribution in [3.8, 4) is 0 Å². The Balaban J connectivity index is 2.45. The lowest BCUT2D eigenvalue weighted by atomic mass is 9.86. The van der Waals surface area contributed by atoms with Crippen LogP contribution in [0.5, 0.6) is 0 Å². The topological polar surface area (TPSA) is 64.4 Å². The molecule has 0 bridgehead atoms. The Labute approximate surface area is 117 Å². The highest BCUT2D eigenvalue weighted by Gasteiger charge is 2.35. The molecule has 1 saturated heterocycles. The number of amides is 1. The van der Waals surface area contributed by atoms with Crippen LogP contribution in [-0.4, -0.2) is 30.2 Å². The van der Waals surface area contributed by atoms with E-state index in [1.165, 1.54) is 0 Å². The fourth-order valence-corrected chi connectivity index (χ4v) is 2.76. The highest BCUT2D eigenvalue weighted by Crippen LogP contribution is 2.31. The van der Waals surface area contributed by atoms with Crippen LogP contribution in [0.3, 0.4) is 0 Å². The minimum Gasteiger partial charge on any atom is -0.375 e. The van der Waals surface area contributed by atoms with Gasteiger partial charge in [0.15, 0.2) is 0 Å². The molecule has 0 aromatic rings. The zero-order chi connectivity index (χ0) is 14.3. The van der Waals surface area contributed by atoms with Crippen molar-refractivity contribution in [1.82, 2.24) is 5.32 Å². The zero-order valence-electron chi connectivity index (χ0n) is 12.7. The molecule has 1 aliphatic rings. The maximum absolute atomic E-state index is 12.0. The number of unbranched alkanes of at least 4 members (excludes halogenated alkanes) is 1. The molecule has 112 valence electrons. The lowest BCUT2D eigenvalue weighted by molar-refractivity contribution is -0.127. The van der Waals surface area contributed by atoms with E-state index in [4.69, 9.17) is 10.5 Å². The van der Waals surface area contributed by atoms with Gasteiger partial charge in [-0.25, -0.2) is 0 Å². The van der Waals surface area contributed by atoms with E-state index in [-0.39, 0.29) is 23.6 Å². The molecule has 1 rings (SSSR count). The van der Waals surface area contributed by atoms with Crippen LogP contribution in [0.4, 0.5) is 0 Å². The lowest BCUT2D eigenvalue weighted by Crippen LogP contribution is -2.51. The monoisotopic (exact) mass is 270 g/mol. The average molecular weight is 270 g/mol. The van der Waals surface area contributed by atoms with Gasteiger partial charge in [-0.3, -0.25) is 4.79 Å². The summed E-state index contributed by atoms with van der Waals surface area (Å²) in [5.41, 5.74) is 5.86. The summed E-state index contributed by atoms with van der Waals surface area (Å²) in [7, 11) is 0. The largest absolute Gasteiger partial charge is 0.375 e. The summed E-state index contributed by atoms with van der Waals surface area (Å²) in [4.78, 5) is 12.0. The first kappa shape index (κ1) is 16.4. The SMILES string of the molecule is CCCCC(N)C(=O)NC1CCOC(CC)(CC)C1. The molecular formula is C15H30N2O2. The molecule has 0 radical (unpaired) electrons. The minimum atomic E-state index is -0.361. The molecular weight excluding hydrogens is 240 g/mol. The van der Waals surface area contributed by atoms with Crippen molar-refractivity contribution in [2.75, 3.05) is 6.61 Å². The van der Waals surface area contributed by atoms with E-state index in [2.05, 4.69) is 26.1 Å². The van der Waals surface area contributed by atoms with Crippen molar-refractivity contribution < 1.29 is 9.53 Å². The van der Waals surface area contributed by atoms with E-state index in [0.29, 0.717) is 0 Å². The van der Waals surface area contributed by atoms with Gasteiger partial charge in [0.25, 0.3) is 0 Å². The number of nitrogens with one attached hydrogen (secondary N) is 1. The number of carbonyl (C=O) groups excluding carboxylic acids is 1. The van der Waals surface area contributed by atoms with Gasteiger partial charge in [0.1, 0.15) is 0 Å². The van der Waals surface area contributed by atoms with Crippen molar-refractivity contribution in [3.05, 3.63) is 0 Å². The summed E-state index contributed by atoms with van der Waals surface area (Å²) >= 11 is 0. The minimum absolute atomic E-state index is 0.00135. The van der Waals surface area contributed by atoms with Crippen LogP contribution in [0.25, 0.3) is 0 Å². The molecule has 3 N–H and O–H groups in total. The zero-order valence-corrected chi connectivity index (χ0v) is 12.7. The van der Waals surface area contributed by atoms with Crippen LogP contribution in [0.2, 0.25) is 0 Å². The molecule has 1 amide bonds. The van der Waals surface area contributed by atoms with Gasteiger partial charge in [0.2, 0.25) is 5.91 Å². The summed E-state index contributed by atoms with van der Waals surface area (Å²) in [5.74, 6) is 0.00135. The van der Waals surface area contributed by atoms with Crippen LogP contribution in [0, 0.1) is 0 Å². The van der Waals surface area contributed by atoms with E-state index < -0.39 is 0 Å². The fraction of sp³-hybridized carbons (Fsp3) is 0.933. The van der Waals surface area contributed by atoms with Gasteiger partial charge in [0, 0.05) is 12.6 Å². The van der Waals surface area contributed by atoms with Crippen LogP contribution in [0.1, 0.15) is 65.7 Å². The molecule has 1 heterocycles. The standard InChI is InChI=1S/C15H30N2O2/c1-4-7-8-13(16)14(18)17-12-9-10-19-15(5-2,6-3)11-12/h12-13H,4-11,16H2,1-3H3,(H,17,18). The van der Waals surface area contributed by atoms with E-state index in [1.807, 2.05) is 0 Å². The van der Waals surface area contributed by atoms with Gasteiger partial charge < -0.3 is 15.8 Å². The van der Waals surface area contributed by atoms with Crippen molar-refractivity contribution >= 4 is 5.91 Å². The molecule has 1 fully saturated rings. The van der Waals surface area contributed by atoms with Crippen molar-refractivity contribution in [1.29, 1.82) is 0 Å². The van der Waals surface area contributed by atoms with Gasteiger partial charge in [-0.05, 0) is 32.1 Å². The van der Waals surface area contributed by atoms with Crippen LogP contribution in [-0.2, 0) is 9.53 Å². The van der Waals surface area contributed by atoms with Crippen LogP contribution in [0.15, 0.2) is 0 Å². The Morgan fingerprint density at radius 2 is 2.11 bits per heavy atom. The van der Waals surface area contributed by atoms with Gasteiger partial charge in [-0.2, -0.15) is 0 Å². The van der Waals surface area contributed by atoms with Gasteiger partial charge in [0.05, 0.1) is 11.6 Å². The first-order chi connectivity index (χ1) is 9.06. The second kappa shape index (κ2) is 7.85. The van der Waals surface area contributed by atoms with Crippen LogP contribution < -0.4 is 11.1 Å². The third-order valence-corrected chi connectivity index (χ3v) is 4.33.